The summed E-state index contributed by atoms with van der Waals surface area (Å²) in [5.41, 5.74) is 4.02. The smallest absolute Gasteiger partial charge is 0.343 e. The largest absolute Gasteiger partial charge is 0.503 e. The Labute approximate surface area is 768 Å². The molecule has 4 N–H and O–H groups in total. The van der Waals surface area contributed by atoms with Crippen LogP contribution in [0.2, 0.25) is 0 Å². The van der Waals surface area contributed by atoms with Crippen LogP contribution in [0.3, 0.4) is 0 Å². The number of methoxy groups -OCH3 is 2. The van der Waals surface area contributed by atoms with E-state index in [0.29, 0.717) is 38.9 Å². The molecular formula is C105H106N8O20. The van der Waals surface area contributed by atoms with Gasteiger partial charge in [-0.1, -0.05) is 283 Å². The maximum atomic E-state index is 13.4. The quantitative estimate of drug-likeness (QED) is 0.0261. The Morgan fingerprint density at radius 1 is 0.338 bits per heavy atom. The Balaban J connectivity index is 0.000000151. The lowest BCUT2D eigenvalue weighted by atomic mass is 9.83. The highest BCUT2D eigenvalue weighted by atomic mass is 16.5. The van der Waals surface area contributed by atoms with Crippen molar-refractivity contribution in [1.82, 2.24) is 38.3 Å². The van der Waals surface area contributed by atoms with Crippen LogP contribution in [0, 0.1) is 0 Å². The highest BCUT2D eigenvalue weighted by Crippen LogP contribution is 2.45. The van der Waals surface area contributed by atoms with Gasteiger partial charge in [-0.15, -0.1) is 0 Å². The Morgan fingerprint density at radius 3 is 0.842 bits per heavy atom. The number of ether oxygens (including phenoxy) is 5. The average molecular weight is 1800 g/mol. The van der Waals surface area contributed by atoms with Gasteiger partial charge >= 0.3 is 23.9 Å². The highest BCUT2D eigenvalue weighted by Gasteiger charge is 2.44. The lowest BCUT2D eigenvalue weighted by Gasteiger charge is -2.39. The van der Waals surface area contributed by atoms with Gasteiger partial charge in [-0.2, -0.15) is 0 Å². The molecule has 28 heteroatoms. The first-order valence-electron chi connectivity index (χ1n) is 44.2. The number of aromatic carboxylic acids is 2. The number of hydrogen-bond acceptors (Lipinski definition) is 18. The zero-order chi connectivity index (χ0) is 94.7. The number of hydrogen-bond donors (Lipinski definition) is 4. The van der Waals surface area contributed by atoms with Gasteiger partial charge in [-0.25, -0.2) is 19.2 Å². The molecule has 133 heavy (non-hydrogen) atoms. The van der Waals surface area contributed by atoms with Gasteiger partial charge in [0.1, 0.15) is 22.3 Å². The van der Waals surface area contributed by atoms with Gasteiger partial charge in [0.25, 0.3) is 23.6 Å². The summed E-state index contributed by atoms with van der Waals surface area (Å²) in [5.74, 6) is -7.91. The topological polar surface area (TPSA) is 353 Å². The molecule has 12 aromatic rings. The molecular weight excluding hydrogens is 1690 g/mol. The van der Waals surface area contributed by atoms with Crippen LogP contribution in [0.25, 0.3) is 0 Å². The van der Waals surface area contributed by atoms with E-state index in [-0.39, 0.29) is 131 Å². The minimum Gasteiger partial charge on any atom is -0.503 e. The normalized spacial score (nSPS) is 15.3. The molecule has 8 heterocycles. The lowest BCUT2D eigenvalue weighted by Crippen LogP contribution is -2.45. The maximum Gasteiger partial charge on any atom is 0.343 e. The standard InChI is InChI=1S/C28H30N2O5.2C27H28N2O5.C23H20N2O5/c1-4-5-16-35-26-24-27(32)29(2)18-22(30(24)17-21(25(26)31)28(33)34-3)23(19-12-8-6-9-13-19)20-14-10-7-11-15-20;1-3-4-15-34-25-23-26(31)28-16-21(29(23)17-20(24(25)30)27(32)33-2)22(18-11-7-5-8-12-18)19-13-9-6-10-14-19;1-3-4-15-34-25-23-26(31)28(2)17-21(29(23)16-20(24(25)30)27(32)33)22(18-11-7-5-8-12-18)19-13-9-6-10-14-19;1-24-13-17(18(14-8-4-2-5-9-14)15-10-6-3-7-11-15)25-12-16(23(29)30)20(26)21(27)19(25)22(24)28/h6-15,17,22-23H,4-5,16,18H2,1-3H3;5-14,17,21-22H,3-4,15-16H2,1-2H3,(H,28,31);5-14,16,21-22H,3-4,15,17H2,1-2H3,(H,32,33);2-12,17-18,27H,13H2,1H3,(H,29,30)/t22-;2*21-;17-/m1111/s1. The number of unbranched alkanes of at least 4 members (excludes halogenated alkanes) is 3. The second kappa shape index (κ2) is 43.8. The molecule has 0 saturated heterocycles. The minimum absolute atomic E-state index is 0.0947. The monoisotopic (exact) mass is 1800 g/mol. The van der Waals surface area contributed by atoms with E-state index in [4.69, 9.17) is 23.7 Å². The number of aromatic hydroxyl groups is 1. The number of carboxylic acids is 2. The van der Waals surface area contributed by atoms with Crippen LogP contribution in [0.15, 0.2) is 287 Å². The third kappa shape index (κ3) is 20.6. The lowest BCUT2D eigenvalue weighted by molar-refractivity contribution is 0.0586. The molecule has 28 nitrogen and oxygen atoms in total. The average Bonchev–Trinajstić information content (AvgIpc) is 0.748. The number of carbonyl (C=O) groups is 8. The second-order valence-corrected chi connectivity index (χ2v) is 32.8. The van der Waals surface area contributed by atoms with Gasteiger partial charge in [0.2, 0.25) is 21.7 Å². The van der Waals surface area contributed by atoms with Crippen LogP contribution in [-0.4, -0.2) is 177 Å². The summed E-state index contributed by atoms with van der Waals surface area (Å²) in [6.07, 6.45) is 10.1. The molecule has 0 spiro atoms. The molecule has 4 aliphatic heterocycles. The number of nitrogens with one attached hydrogen (secondary N) is 1. The molecule has 0 unspecified atom stereocenters. The van der Waals surface area contributed by atoms with E-state index in [9.17, 15) is 72.9 Å². The third-order valence-corrected chi connectivity index (χ3v) is 24.2. The van der Waals surface area contributed by atoms with E-state index in [2.05, 4.69) is 29.6 Å². The Hall–Kier alpha value is -15.5. The number of rotatable bonds is 28. The Bertz CT molecular complexity index is 6280. The number of aromatic nitrogens is 4. The predicted molar refractivity (Wildman–Crippen MR) is 501 cm³/mol. The summed E-state index contributed by atoms with van der Waals surface area (Å²) in [4.78, 5) is 158. The second-order valence-electron chi connectivity index (χ2n) is 32.8. The van der Waals surface area contributed by atoms with E-state index in [1.54, 1.807) is 44.6 Å². The van der Waals surface area contributed by atoms with E-state index < -0.39 is 80.3 Å². The first kappa shape index (κ1) is 95.1. The van der Waals surface area contributed by atoms with Crippen molar-refractivity contribution in [3.63, 3.8) is 0 Å². The molecule has 8 aromatic carbocycles. The summed E-state index contributed by atoms with van der Waals surface area (Å²) in [6.45, 7) is 8.09. The van der Waals surface area contributed by atoms with Gasteiger partial charge in [0, 0.05) is 95.8 Å². The zero-order valence-electron chi connectivity index (χ0n) is 75.1. The number of carboxylic acid groups (broad SMARTS) is 2. The molecule has 0 aliphatic carbocycles. The van der Waals surface area contributed by atoms with Crippen molar-refractivity contribution in [1.29, 1.82) is 0 Å². The van der Waals surface area contributed by atoms with Gasteiger partial charge in [-0.3, -0.25) is 38.4 Å². The molecule has 0 saturated carbocycles. The number of carbonyl (C=O) groups excluding carboxylic acids is 6. The van der Waals surface area contributed by atoms with E-state index >= 15 is 0 Å². The Morgan fingerprint density at radius 2 is 0.571 bits per heavy atom. The molecule has 686 valence electrons. The summed E-state index contributed by atoms with van der Waals surface area (Å²) in [5, 5.41) is 32.6. The first-order valence-corrected chi connectivity index (χ1v) is 44.2. The van der Waals surface area contributed by atoms with Crippen molar-refractivity contribution in [3.8, 4) is 23.0 Å². The minimum atomic E-state index is -1.45. The molecule has 4 aromatic heterocycles. The first-order chi connectivity index (χ1) is 64.4. The number of pyridine rings is 4. The number of benzene rings is 8. The number of amides is 4. The van der Waals surface area contributed by atoms with Crippen LogP contribution in [0.1, 0.15) is 235 Å². The number of esters is 2. The van der Waals surface area contributed by atoms with Gasteiger partial charge in [0.05, 0.1) is 58.2 Å². The van der Waals surface area contributed by atoms with Crippen LogP contribution in [-0.2, 0) is 9.47 Å². The maximum absolute atomic E-state index is 13.4. The van der Waals surface area contributed by atoms with Crippen molar-refractivity contribution >= 4 is 47.5 Å². The number of likely N-dealkylation sites (N-methyl/N-ethyl adjacent to an activating group) is 3. The number of nitrogens with zero attached hydrogens (tertiary/aromatic N) is 7. The van der Waals surface area contributed by atoms with E-state index in [1.165, 1.54) is 48.5 Å². The summed E-state index contributed by atoms with van der Waals surface area (Å²) < 4.78 is 33.8. The van der Waals surface area contributed by atoms with Gasteiger partial charge in [0.15, 0.2) is 45.8 Å². The molecule has 0 radical (unpaired) electrons. The van der Waals surface area contributed by atoms with Crippen LogP contribution >= 0.6 is 0 Å². The van der Waals surface area contributed by atoms with Crippen molar-refractivity contribution in [2.24, 2.45) is 0 Å². The molecule has 4 atom stereocenters. The predicted octanol–water partition coefficient (Wildman–Crippen LogP) is 15.1. The molecule has 4 amide bonds. The fraction of sp³-hybridized carbons (Fsp3) is 0.276. The molecule has 0 fully saturated rings. The van der Waals surface area contributed by atoms with Crippen molar-refractivity contribution < 1.29 is 77.4 Å². The SMILES string of the molecule is CCCCOc1c2n(cc(C(=O)O)c1=O)[C@@H](C(c1ccccc1)c1ccccc1)CN(C)C2=O.CCCCOc1c2n(cc(C(=O)OC)c1=O)[C@@H](C(c1ccccc1)c1ccccc1)CN(C)C2=O.CCCCOc1c2n(cc(C(=O)OC)c1=O)[C@@H](C(c1ccccc1)c1ccccc1)CNC2=O.CN1C[C@H](C(c2ccccc2)c2ccccc2)n2cc(C(=O)O)c(=O)c(O)c2C1=O. The zero-order valence-corrected chi connectivity index (χ0v) is 75.1. The summed E-state index contributed by atoms with van der Waals surface area (Å²) >= 11 is 0. The van der Waals surface area contributed by atoms with Crippen LogP contribution in [0.5, 0.6) is 23.0 Å². The summed E-state index contributed by atoms with van der Waals surface area (Å²) in [7, 11) is 7.47. The highest BCUT2D eigenvalue weighted by molar-refractivity contribution is 6.01. The van der Waals surface area contributed by atoms with Crippen LogP contribution < -0.4 is 41.2 Å². The Kier molecular flexibility index (Phi) is 31.3. The van der Waals surface area contributed by atoms with E-state index in [0.717, 1.165) is 63.8 Å². The van der Waals surface area contributed by atoms with E-state index in [1.807, 2.05) is 239 Å². The number of fused-ring (bicyclic) bond motifs is 4. The fourth-order valence-electron chi connectivity index (χ4n) is 17.7. The molecule has 0 bridgehead atoms. The van der Waals surface area contributed by atoms with Crippen molar-refractivity contribution in [3.05, 3.63) is 398 Å². The van der Waals surface area contributed by atoms with Gasteiger partial charge < -0.3 is 77.3 Å². The fourth-order valence-corrected chi connectivity index (χ4v) is 17.7. The molecule has 16 rings (SSSR count). The molecule has 4 aliphatic rings. The van der Waals surface area contributed by atoms with Crippen molar-refractivity contribution in [2.75, 3.05) is 81.4 Å². The van der Waals surface area contributed by atoms with Crippen molar-refractivity contribution in [2.45, 2.75) is 107 Å². The van der Waals surface area contributed by atoms with Gasteiger partial charge in [-0.05, 0) is 63.8 Å². The third-order valence-electron chi connectivity index (χ3n) is 24.2. The summed E-state index contributed by atoms with van der Waals surface area (Å²) in [6, 6.07) is 77.7. The van der Waals surface area contributed by atoms with Crippen LogP contribution in [0.4, 0.5) is 0 Å².